The molecule has 0 heterocycles. The summed E-state index contributed by atoms with van der Waals surface area (Å²) in [5, 5.41) is 19.9. The molecule has 6 nitrogen and oxygen atoms in total. The van der Waals surface area contributed by atoms with Gasteiger partial charge in [-0.05, 0) is 37.0 Å². The van der Waals surface area contributed by atoms with Crippen LogP contribution in [-0.4, -0.2) is 36.4 Å². The van der Waals surface area contributed by atoms with E-state index in [4.69, 9.17) is 20.3 Å². The van der Waals surface area contributed by atoms with Gasteiger partial charge in [0.15, 0.2) is 5.60 Å². The summed E-state index contributed by atoms with van der Waals surface area (Å²) in [6, 6.07) is 13.4. The van der Waals surface area contributed by atoms with Gasteiger partial charge in [0.05, 0.1) is 13.7 Å². The highest BCUT2D eigenvalue weighted by Crippen LogP contribution is 2.37. The van der Waals surface area contributed by atoms with Crippen LogP contribution < -0.4 is 15.2 Å². The minimum absolute atomic E-state index is 0.212. The Balaban J connectivity index is 2.20. The highest BCUT2D eigenvalue weighted by molar-refractivity contribution is 5.89. The fourth-order valence-corrected chi connectivity index (χ4v) is 2.93. The molecule has 146 valence electrons. The number of methoxy groups -OCH3 is 1. The van der Waals surface area contributed by atoms with Crippen LogP contribution in [0.5, 0.6) is 11.5 Å². The molecule has 0 radical (unpaired) electrons. The number of ether oxygens (including phenoxy) is 2. The van der Waals surface area contributed by atoms with Crippen molar-refractivity contribution in [1.82, 2.24) is 0 Å². The first-order chi connectivity index (χ1) is 13.0. The molecule has 27 heavy (non-hydrogen) atoms. The first-order valence-corrected chi connectivity index (χ1v) is 9.04. The van der Waals surface area contributed by atoms with E-state index in [1.807, 2.05) is 0 Å². The molecule has 0 aliphatic rings. The number of rotatable bonds is 11. The Morgan fingerprint density at radius 2 is 1.78 bits per heavy atom. The second-order valence-corrected chi connectivity index (χ2v) is 6.29. The predicted octanol–water partition coefficient (Wildman–Crippen LogP) is 2.35. The summed E-state index contributed by atoms with van der Waals surface area (Å²) in [7, 11) is 1.46. The fourth-order valence-electron chi connectivity index (χ4n) is 2.93. The molecule has 4 N–H and O–H groups in total. The molecule has 1 atom stereocenters. The first-order valence-electron chi connectivity index (χ1n) is 9.04. The minimum atomic E-state index is -2.00. The van der Waals surface area contributed by atoms with Crippen molar-refractivity contribution >= 4 is 5.91 Å². The number of aliphatic hydroxyl groups excluding tert-OH is 1. The third-order valence-corrected chi connectivity index (χ3v) is 4.43. The van der Waals surface area contributed by atoms with Gasteiger partial charge < -0.3 is 25.4 Å². The number of benzene rings is 2. The van der Waals surface area contributed by atoms with Gasteiger partial charge in [0.1, 0.15) is 11.5 Å². The molecule has 0 bridgehead atoms. The number of hydrogen-bond donors (Lipinski definition) is 3. The second-order valence-electron chi connectivity index (χ2n) is 6.29. The van der Waals surface area contributed by atoms with E-state index in [1.54, 1.807) is 48.5 Å². The molecular formula is C21H27NO5. The zero-order chi connectivity index (χ0) is 19.7. The number of amides is 1. The van der Waals surface area contributed by atoms with Crippen molar-refractivity contribution in [1.29, 1.82) is 0 Å². The monoisotopic (exact) mass is 373 g/mol. The lowest BCUT2D eigenvalue weighted by Crippen LogP contribution is -2.42. The molecule has 2 rings (SSSR count). The predicted molar refractivity (Wildman–Crippen MR) is 103 cm³/mol. The van der Waals surface area contributed by atoms with E-state index in [0.29, 0.717) is 23.7 Å². The molecule has 2 aromatic rings. The third kappa shape index (κ3) is 4.99. The van der Waals surface area contributed by atoms with E-state index in [1.165, 1.54) is 7.11 Å². The quantitative estimate of drug-likeness (QED) is 0.525. The lowest BCUT2D eigenvalue weighted by molar-refractivity contribution is -0.133. The van der Waals surface area contributed by atoms with Gasteiger partial charge in [-0.25, -0.2) is 0 Å². The highest BCUT2D eigenvalue weighted by Gasteiger charge is 2.40. The lowest BCUT2D eigenvalue weighted by Gasteiger charge is -2.27. The average molecular weight is 373 g/mol. The summed E-state index contributed by atoms with van der Waals surface area (Å²) in [5.41, 5.74) is 4.17. The molecule has 6 heteroatoms. The van der Waals surface area contributed by atoms with Crippen molar-refractivity contribution in [2.75, 3.05) is 20.3 Å². The smallest absolute Gasteiger partial charge is 0.258 e. The number of hydrogen-bond acceptors (Lipinski definition) is 5. The zero-order valence-electron chi connectivity index (χ0n) is 15.6. The van der Waals surface area contributed by atoms with Crippen LogP contribution in [0.2, 0.25) is 0 Å². The third-order valence-electron chi connectivity index (χ3n) is 4.43. The van der Waals surface area contributed by atoms with E-state index in [2.05, 4.69) is 0 Å². The number of carbonyl (C=O) groups is 1. The Morgan fingerprint density at radius 3 is 2.41 bits per heavy atom. The standard InChI is InChI=1S/C21H27NO5/c1-26-19-15-17(27-14-8-3-2-7-13-23)11-12-18(19)21(25,20(22)24)16-9-5-4-6-10-16/h4-6,9-12,15,23,25H,2-3,7-8,13-14H2,1H3,(H2,22,24). The van der Waals surface area contributed by atoms with Crippen LogP contribution in [0.15, 0.2) is 48.5 Å². The van der Waals surface area contributed by atoms with Gasteiger partial charge in [-0.3, -0.25) is 4.79 Å². The summed E-state index contributed by atoms with van der Waals surface area (Å²) in [6.07, 6.45) is 3.61. The molecule has 0 saturated carbocycles. The maximum absolute atomic E-state index is 12.1. The molecular weight excluding hydrogens is 346 g/mol. The van der Waals surface area contributed by atoms with Crippen molar-refractivity contribution in [3.05, 3.63) is 59.7 Å². The van der Waals surface area contributed by atoms with Gasteiger partial charge in [-0.15, -0.1) is 0 Å². The van der Waals surface area contributed by atoms with Crippen LogP contribution >= 0.6 is 0 Å². The second kappa shape index (κ2) is 9.94. The summed E-state index contributed by atoms with van der Waals surface area (Å²) in [6.45, 7) is 0.746. The fraction of sp³-hybridized carbons (Fsp3) is 0.381. The van der Waals surface area contributed by atoms with Crippen LogP contribution in [-0.2, 0) is 10.4 Å². The van der Waals surface area contributed by atoms with Gasteiger partial charge in [0, 0.05) is 18.2 Å². The zero-order valence-corrected chi connectivity index (χ0v) is 15.6. The molecule has 0 saturated heterocycles. The van der Waals surface area contributed by atoms with E-state index < -0.39 is 11.5 Å². The summed E-state index contributed by atoms with van der Waals surface area (Å²) in [5.74, 6) is 0.0140. The Kier molecular flexibility index (Phi) is 7.64. The van der Waals surface area contributed by atoms with Gasteiger partial charge in [0.2, 0.25) is 0 Å². The van der Waals surface area contributed by atoms with Gasteiger partial charge in [-0.1, -0.05) is 36.8 Å². The normalized spacial score (nSPS) is 13.0. The van der Waals surface area contributed by atoms with Gasteiger partial charge in [0.25, 0.3) is 5.91 Å². The van der Waals surface area contributed by atoms with Crippen LogP contribution in [0, 0.1) is 0 Å². The lowest BCUT2D eigenvalue weighted by atomic mass is 9.85. The van der Waals surface area contributed by atoms with Crippen LogP contribution in [0.4, 0.5) is 0 Å². The van der Waals surface area contributed by atoms with E-state index >= 15 is 0 Å². The Hall–Kier alpha value is -2.57. The van der Waals surface area contributed by atoms with E-state index in [0.717, 1.165) is 25.7 Å². The molecule has 0 aliphatic carbocycles. The van der Waals surface area contributed by atoms with Gasteiger partial charge in [-0.2, -0.15) is 0 Å². The number of nitrogens with two attached hydrogens (primary N) is 1. The minimum Gasteiger partial charge on any atom is -0.496 e. The molecule has 0 spiro atoms. The summed E-state index contributed by atoms with van der Waals surface area (Å²) < 4.78 is 11.1. The first kappa shape index (κ1) is 20.7. The van der Waals surface area contributed by atoms with E-state index in [-0.39, 0.29) is 12.2 Å². The molecule has 0 aromatic heterocycles. The highest BCUT2D eigenvalue weighted by atomic mass is 16.5. The maximum Gasteiger partial charge on any atom is 0.258 e. The van der Waals surface area contributed by atoms with Crippen molar-refractivity contribution in [2.45, 2.75) is 31.3 Å². The summed E-state index contributed by atoms with van der Waals surface area (Å²) in [4.78, 5) is 12.1. The van der Waals surface area contributed by atoms with Gasteiger partial charge >= 0.3 is 0 Å². The molecule has 0 aliphatic heterocycles. The Bertz CT molecular complexity index is 735. The molecule has 0 fully saturated rings. The number of aliphatic hydroxyl groups is 2. The maximum atomic E-state index is 12.1. The number of unbranched alkanes of at least 4 members (excludes halogenated alkanes) is 3. The molecule has 1 unspecified atom stereocenters. The Labute approximate surface area is 159 Å². The van der Waals surface area contributed by atoms with Crippen LogP contribution in [0.1, 0.15) is 36.8 Å². The topological polar surface area (TPSA) is 102 Å². The Morgan fingerprint density at radius 1 is 1.07 bits per heavy atom. The van der Waals surface area contributed by atoms with Crippen LogP contribution in [0.3, 0.4) is 0 Å². The summed E-state index contributed by atoms with van der Waals surface area (Å²) >= 11 is 0. The van der Waals surface area contributed by atoms with Crippen molar-refractivity contribution in [2.24, 2.45) is 5.73 Å². The number of primary amides is 1. The number of carbonyl (C=O) groups excluding carboxylic acids is 1. The van der Waals surface area contributed by atoms with Crippen molar-refractivity contribution < 1.29 is 24.5 Å². The average Bonchev–Trinajstić information content (AvgIpc) is 2.70. The van der Waals surface area contributed by atoms with E-state index in [9.17, 15) is 9.90 Å². The SMILES string of the molecule is COc1cc(OCCCCCCO)ccc1C(O)(C(N)=O)c1ccccc1. The molecule has 2 aromatic carbocycles. The van der Waals surface area contributed by atoms with Crippen molar-refractivity contribution in [3.63, 3.8) is 0 Å². The molecule has 1 amide bonds. The van der Waals surface area contributed by atoms with Crippen molar-refractivity contribution in [3.8, 4) is 11.5 Å². The largest absolute Gasteiger partial charge is 0.496 e. The van der Waals surface area contributed by atoms with Crippen LogP contribution in [0.25, 0.3) is 0 Å².